The summed E-state index contributed by atoms with van der Waals surface area (Å²) in [7, 11) is 0. The first-order chi connectivity index (χ1) is 19.0. The van der Waals surface area contributed by atoms with Crippen molar-refractivity contribution in [2.45, 2.75) is 69.5 Å². The summed E-state index contributed by atoms with van der Waals surface area (Å²) in [5.41, 5.74) is 0.812. The molecule has 8 heteroatoms. The van der Waals surface area contributed by atoms with Crippen molar-refractivity contribution in [2.75, 3.05) is 19.7 Å². The molecular formula is C31H40N4O4. The van der Waals surface area contributed by atoms with Crippen LogP contribution < -0.4 is 26.0 Å². The van der Waals surface area contributed by atoms with E-state index in [0.717, 1.165) is 36.1 Å². The molecule has 208 valence electrons. The first kappa shape index (κ1) is 28.4. The molecule has 1 spiro atoms. The second-order valence-corrected chi connectivity index (χ2v) is 10.3. The molecule has 1 heterocycles. The van der Waals surface area contributed by atoms with Crippen LogP contribution in [0.1, 0.15) is 56.6 Å². The summed E-state index contributed by atoms with van der Waals surface area (Å²) in [6.45, 7) is 3.22. The van der Waals surface area contributed by atoms with E-state index in [9.17, 15) is 14.4 Å². The fourth-order valence-corrected chi connectivity index (χ4v) is 5.29. The molecule has 2 atom stereocenters. The van der Waals surface area contributed by atoms with E-state index in [1.165, 1.54) is 0 Å². The van der Waals surface area contributed by atoms with E-state index in [1.807, 2.05) is 73.7 Å². The van der Waals surface area contributed by atoms with E-state index in [2.05, 4.69) is 21.3 Å². The van der Waals surface area contributed by atoms with Crippen LogP contribution in [0.3, 0.4) is 0 Å². The van der Waals surface area contributed by atoms with Gasteiger partial charge in [-0.25, -0.2) is 0 Å². The fourth-order valence-electron chi connectivity index (χ4n) is 5.29. The number of hydrogen-bond acceptors (Lipinski definition) is 5. The van der Waals surface area contributed by atoms with E-state index >= 15 is 0 Å². The lowest BCUT2D eigenvalue weighted by Gasteiger charge is -2.33. The minimum absolute atomic E-state index is 0.192. The minimum Gasteiger partial charge on any atom is -0.492 e. The normalized spacial score (nSPS) is 23.4. The molecule has 1 aliphatic carbocycles. The lowest BCUT2D eigenvalue weighted by atomic mass is 9.94. The third-order valence-electron chi connectivity index (χ3n) is 7.41. The number of carbonyl (C=O) groups excluding carboxylic acids is 3. The van der Waals surface area contributed by atoms with Crippen LogP contribution in [0.15, 0.2) is 60.7 Å². The van der Waals surface area contributed by atoms with Gasteiger partial charge in [0.2, 0.25) is 17.7 Å². The molecule has 2 aliphatic rings. The summed E-state index contributed by atoms with van der Waals surface area (Å²) < 4.78 is 6.01. The molecule has 8 nitrogen and oxygen atoms in total. The first-order valence-corrected chi connectivity index (χ1v) is 14.1. The standard InChI is InChI=1S/C31H40N4O4/c1-2-11-25-29(37)35-31(17-8-9-18-31)30(38)34-26(22-23-12-4-3-5-13-23)28(36)33-19-10-15-24-14-6-7-16-27(24)39-21-20-32-25/h3-7,10,12-16,25-26,32H,2,8-9,11,17-22H2,1H3,(H,33,36)(H,34,38)(H,35,37)/b15-10-/t25-,26-/m0/s1. The molecule has 0 unspecified atom stereocenters. The number of nitrogens with one attached hydrogen (secondary N) is 4. The van der Waals surface area contributed by atoms with Crippen LogP contribution in [0.4, 0.5) is 0 Å². The molecule has 0 radical (unpaired) electrons. The van der Waals surface area contributed by atoms with Crippen molar-refractivity contribution in [1.29, 1.82) is 0 Å². The third kappa shape index (κ3) is 7.69. The Kier molecular flexibility index (Phi) is 10.1. The highest BCUT2D eigenvalue weighted by Gasteiger charge is 2.44. The second-order valence-electron chi connectivity index (χ2n) is 10.3. The number of carbonyl (C=O) groups is 3. The van der Waals surface area contributed by atoms with E-state index in [1.54, 1.807) is 0 Å². The molecule has 0 bridgehead atoms. The molecular weight excluding hydrogens is 492 g/mol. The Morgan fingerprint density at radius 3 is 2.44 bits per heavy atom. The van der Waals surface area contributed by atoms with Gasteiger partial charge in [0.25, 0.3) is 0 Å². The van der Waals surface area contributed by atoms with Crippen LogP contribution in [0, 0.1) is 0 Å². The maximum atomic E-state index is 13.8. The van der Waals surface area contributed by atoms with Gasteiger partial charge in [-0.15, -0.1) is 0 Å². The average molecular weight is 533 g/mol. The van der Waals surface area contributed by atoms with Gasteiger partial charge in [0, 0.05) is 25.1 Å². The number of hydrogen-bond donors (Lipinski definition) is 4. The minimum atomic E-state index is -1.03. The number of para-hydroxylation sites is 1. The second kappa shape index (κ2) is 13.9. The van der Waals surface area contributed by atoms with Gasteiger partial charge in [0.1, 0.15) is 23.9 Å². The van der Waals surface area contributed by atoms with Gasteiger partial charge in [-0.3, -0.25) is 14.4 Å². The molecule has 0 saturated heterocycles. The molecule has 4 rings (SSSR count). The highest BCUT2D eigenvalue weighted by Crippen LogP contribution is 2.30. The number of benzene rings is 2. The van der Waals surface area contributed by atoms with E-state index in [0.29, 0.717) is 45.4 Å². The summed E-state index contributed by atoms with van der Waals surface area (Å²) in [5.74, 6) is -0.0258. The zero-order valence-electron chi connectivity index (χ0n) is 22.7. The van der Waals surface area contributed by atoms with Gasteiger partial charge in [0.05, 0.1) is 6.04 Å². The van der Waals surface area contributed by atoms with Crippen molar-refractivity contribution in [3.8, 4) is 5.75 Å². The number of rotatable bonds is 4. The highest BCUT2D eigenvalue weighted by molar-refractivity contribution is 5.96. The Morgan fingerprint density at radius 1 is 0.923 bits per heavy atom. The molecule has 2 aromatic rings. The average Bonchev–Trinajstić information content (AvgIpc) is 3.42. The van der Waals surface area contributed by atoms with E-state index in [4.69, 9.17) is 4.74 Å². The fraction of sp³-hybridized carbons (Fsp3) is 0.452. The van der Waals surface area contributed by atoms with Crippen LogP contribution in [-0.2, 0) is 20.8 Å². The molecule has 1 fully saturated rings. The summed E-state index contributed by atoms with van der Waals surface area (Å²) in [4.78, 5) is 40.5. The predicted octanol–water partition coefficient (Wildman–Crippen LogP) is 3.12. The lowest BCUT2D eigenvalue weighted by Crippen LogP contribution is -2.63. The summed E-state index contributed by atoms with van der Waals surface area (Å²) in [6.07, 6.45) is 8.37. The van der Waals surface area contributed by atoms with Gasteiger partial charge in [-0.2, -0.15) is 0 Å². The molecule has 0 aromatic heterocycles. The molecule has 4 N–H and O–H groups in total. The topological polar surface area (TPSA) is 109 Å². The van der Waals surface area contributed by atoms with Gasteiger partial charge >= 0.3 is 0 Å². The third-order valence-corrected chi connectivity index (χ3v) is 7.41. The number of ether oxygens (including phenoxy) is 1. The summed E-state index contributed by atoms with van der Waals surface area (Å²) in [6, 6.07) is 16.1. The first-order valence-electron chi connectivity index (χ1n) is 14.1. The monoisotopic (exact) mass is 532 g/mol. The van der Waals surface area contributed by atoms with Gasteiger partial charge in [0.15, 0.2) is 0 Å². The zero-order valence-corrected chi connectivity index (χ0v) is 22.7. The Balaban J connectivity index is 1.61. The van der Waals surface area contributed by atoms with Gasteiger partial charge in [-0.05, 0) is 30.9 Å². The SMILES string of the molecule is CCC[C@@H]1NCCOc2ccccc2/C=C\CNC(=O)[C@H](Cc2ccccc2)NC(=O)C2(CCCC2)NC1=O. The number of amides is 3. The Labute approximate surface area is 231 Å². The van der Waals surface area contributed by atoms with Crippen molar-refractivity contribution in [3.63, 3.8) is 0 Å². The predicted molar refractivity (Wildman–Crippen MR) is 152 cm³/mol. The Hall–Kier alpha value is -3.65. The number of fused-ring (bicyclic) bond motifs is 1. The van der Waals surface area contributed by atoms with Gasteiger partial charge < -0.3 is 26.0 Å². The van der Waals surface area contributed by atoms with Crippen LogP contribution in [0.2, 0.25) is 0 Å². The molecule has 39 heavy (non-hydrogen) atoms. The molecule has 1 saturated carbocycles. The highest BCUT2D eigenvalue weighted by atomic mass is 16.5. The molecule has 1 aliphatic heterocycles. The Bertz CT molecular complexity index is 1140. The van der Waals surface area contributed by atoms with Crippen molar-refractivity contribution in [1.82, 2.24) is 21.3 Å². The quantitative estimate of drug-likeness (QED) is 0.484. The van der Waals surface area contributed by atoms with Crippen LogP contribution >= 0.6 is 0 Å². The molecule has 3 amide bonds. The van der Waals surface area contributed by atoms with Crippen molar-refractivity contribution >= 4 is 23.8 Å². The largest absolute Gasteiger partial charge is 0.492 e. The Morgan fingerprint density at radius 2 is 1.67 bits per heavy atom. The van der Waals surface area contributed by atoms with E-state index in [-0.39, 0.29) is 17.7 Å². The zero-order chi connectivity index (χ0) is 27.5. The smallest absolute Gasteiger partial charge is 0.246 e. The maximum Gasteiger partial charge on any atom is 0.246 e. The molecule has 2 aromatic carbocycles. The van der Waals surface area contributed by atoms with Crippen molar-refractivity contribution < 1.29 is 19.1 Å². The summed E-state index contributed by atoms with van der Waals surface area (Å²) in [5, 5.41) is 12.4. The maximum absolute atomic E-state index is 13.8. The van der Waals surface area contributed by atoms with Crippen molar-refractivity contribution in [2.24, 2.45) is 0 Å². The van der Waals surface area contributed by atoms with Crippen molar-refractivity contribution in [3.05, 3.63) is 71.8 Å². The summed E-state index contributed by atoms with van der Waals surface area (Å²) >= 11 is 0. The van der Waals surface area contributed by atoms with Gasteiger partial charge in [-0.1, -0.05) is 86.9 Å². The lowest BCUT2D eigenvalue weighted by molar-refractivity contribution is -0.136. The van der Waals surface area contributed by atoms with Crippen LogP contribution in [-0.4, -0.2) is 55.0 Å². The van der Waals surface area contributed by atoms with E-state index < -0.39 is 17.6 Å². The van der Waals surface area contributed by atoms with Crippen LogP contribution in [0.25, 0.3) is 6.08 Å². The van der Waals surface area contributed by atoms with Crippen LogP contribution in [0.5, 0.6) is 5.75 Å².